The smallest absolute Gasteiger partial charge is 0.368 e. The molecule has 0 atom stereocenters. The van der Waals surface area contributed by atoms with Crippen LogP contribution in [0.25, 0.3) is 0 Å². The fourth-order valence-electron chi connectivity index (χ4n) is 1.63. The maximum atomic E-state index is 10.5. The number of aliphatic hydroxyl groups is 1. The fourth-order valence-corrected chi connectivity index (χ4v) is 2.30. The fraction of sp³-hybridized carbons (Fsp3) is 0.200. The Kier molecular flexibility index (Phi) is 5.70. The molecule has 118 valence electrons. The molecule has 0 fully saturated rings. The van der Waals surface area contributed by atoms with Crippen molar-refractivity contribution in [1.29, 1.82) is 0 Å². The van der Waals surface area contributed by atoms with Crippen LogP contribution in [0.5, 0.6) is 11.5 Å². The Balaban J connectivity index is 2.29. The van der Waals surface area contributed by atoms with Crippen molar-refractivity contribution in [1.82, 2.24) is 0 Å². The van der Waals surface area contributed by atoms with Crippen molar-refractivity contribution in [3.05, 3.63) is 56.5 Å². The molecule has 0 spiro atoms. The van der Waals surface area contributed by atoms with Gasteiger partial charge in [0.15, 0.2) is 0 Å². The molecule has 0 aliphatic heterocycles. The average Bonchev–Trinajstić information content (AvgIpc) is 2.49. The van der Waals surface area contributed by atoms with Gasteiger partial charge in [0.05, 0.1) is 16.5 Å². The van der Waals surface area contributed by atoms with E-state index in [1.807, 2.05) is 0 Å². The van der Waals surface area contributed by atoms with Gasteiger partial charge in [-0.1, -0.05) is 65.5 Å². The molecule has 2 aromatic carbocycles. The van der Waals surface area contributed by atoms with Crippen LogP contribution in [-0.4, -0.2) is 11.1 Å². The van der Waals surface area contributed by atoms with Gasteiger partial charge in [-0.25, -0.2) is 0 Å². The van der Waals surface area contributed by atoms with Crippen LogP contribution in [0.4, 0.5) is 0 Å². The van der Waals surface area contributed by atoms with Crippen molar-refractivity contribution in [2.45, 2.75) is 19.3 Å². The van der Waals surface area contributed by atoms with Crippen molar-refractivity contribution in [2.24, 2.45) is 0 Å². The molecule has 0 aliphatic carbocycles. The van der Waals surface area contributed by atoms with Gasteiger partial charge in [-0.3, -0.25) is 0 Å². The zero-order chi connectivity index (χ0) is 16.3. The van der Waals surface area contributed by atoms with Gasteiger partial charge < -0.3 is 14.6 Å². The molecule has 2 aromatic rings. The van der Waals surface area contributed by atoms with Crippen molar-refractivity contribution < 1.29 is 14.6 Å². The van der Waals surface area contributed by atoms with Crippen LogP contribution in [-0.2, 0) is 0 Å². The van der Waals surface area contributed by atoms with Crippen LogP contribution in [0.3, 0.4) is 0 Å². The lowest BCUT2D eigenvalue weighted by atomic mass is 10.3. The quantitative estimate of drug-likeness (QED) is 0.663. The zero-order valence-electron chi connectivity index (χ0n) is 11.4. The van der Waals surface area contributed by atoms with Gasteiger partial charge in [-0.05, 0) is 24.3 Å². The molecule has 0 unspecified atom stereocenters. The second kappa shape index (κ2) is 7.16. The first-order valence-corrected chi connectivity index (χ1v) is 7.86. The van der Waals surface area contributed by atoms with Crippen molar-refractivity contribution in [2.75, 3.05) is 0 Å². The van der Waals surface area contributed by atoms with Crippen LogP contribution < -0.4 is 9.47 Å². The molecule has 0 aliphatic rings. The van der Waals surface area contributed by atoms with Gasteiger partial charge in [0.2, 0.25) is 0 Å². The van der Waals surface area contributed by atoms with E-state index in [-0.39, 0.29) is 28.0 Å². The highest BCUT2D eigenvalue weighted by atomic mass is 35.5. The van der Waals surface area contributed by atoms with E-state index in [4.69, 9.17) is 55.9 Å². The maximum absolute atomic E-state index is 10.5. The number of rotatable bonds is 5. The standard InChI is InChI=1S/C15H12Cl4O3/c1-2-15(20,21-11-7-3-5-9(16)13(11)18)22-12-8-4-6-10(17)14(12)19/h3-8,20H,2H2,1H3. The molecule has 0 aromatic heterocycles. The summed E-state index contributed by atoms with van der Waals surface area (Å²) in [6, 6.07) is 9.64. The average molecular weight is 382 g/mol. The van der Waals surface area contributed by atoms with Gasteiger partial charge in [0.25, 0.3) is 0 Å². The lowest BCUT2D eigenvalue weighted by molar-refractivity contribution is -0.273. The summed E-state index contributed by atoms with van der Waals surface area (Å²) >= 11 is 23.9. The highest BCUT2D eigenvalue weighted by molar-refractivity contribution is 6.43. The number of benzene rings is 2. The molecule has 7 heteroatoms. The van der Waals surface area contributed by atoms with E-state index in [2.05, 4.69) is 0 Å². The Morgan fingerprint density at radius 2 is 1.27 bits per heavy atom. The van der Waals surface area contributed by atoms with E-state index in [9.17, 15) is 5.11 Å². The lowest BCUT2D eigenvalue weighted by Crippen LogP contribution is -2.41. The second-order valence-electron chi connectivity index (χ2n) is 4.37. The van der Waals surface area contributed by atoms with Crippen molar-refractivity contribution in [3.8, 4) is 11.5 Å². The van der Waals surface area contributed by atoms with E-state index in [1.165, 1.54) is 0 Å². The third-order valence-electron chi connectivity index (χ3n) is 2.82. The van der Waals surface area contributed by atoms with Crippen LogP contribution in [0.1, 0.15) is 13.3 Å². The predicted molar refractivity (Wildman–Crippen MR) is 89.4 cm³/mol. The predicted octanol–water partition coefficient (Wildman–Crippen LogP) is 5.81. The summed E-state index contributed by atoms with van der Waals surface area (Å²) in [5, 5.41) is 11.5. The Morgan fingerprint density at radius 3 is 1.64 bits per heavy atom. The lowest BCUT2D eigenvalue weighted by Gasteiger charge is -2.29. The Bertz CT molecular complexity index is 622. The summed E-state index contributed by atoms with van der Waals surface area (Å²) in [4.78, 5) is 0. The monoisotopic (exact) mass is 380 g/mol. The molecular formula is C15H12Cl4O3. The molecule has 0 radical (unpaired) electrons. The zero-order valence-corrected chi connectivity index (χ0v) is 14.5. The first-order valence-electron chi connectivity index (χ1n) is 6.34. The van der Waals surface area contributed by atoms with E-state index in [1.54, 1.807) is 43.3 Å². The molecule has 0 saturated heterocycles. The number of hydrogen-bond donors (Lipinski definition) is 1. The van der Waals surface area contributed by atoms with E-state index in [0.717, 1.165) is 0 Å². The molecule has 3 nitrogen and oxygen atoms in total. The maximum Gasteiger partial charge on any atom is 0.368 e. The molecule has 0 saturated carbocycles. The Hall–Kier alpha value is -0.840. The largest absolute Gasteiger partial charge is 0.428 e. The molecule has 0 amide bonds. The molecule has 0 heterocycles. The van der Waals surface area contributed by atoms with Gasteiger partial charge >= 0.3 is 5.97 Å². The Labute approximate surface area is 148 Å². The number of halogens is 4. The molecule has 0 bridgehead atoms. The summed E-state index contributed by atoms with van der Waals surface area (Å²) in [5.74, 6) is -1.59. The first-order chi connectivity index (χ1) is 10.4. The van der Waals surface area contributed by atoms with Crippen molar-refractivity contribution in [3.63, 3.8) is 0 Å². The van der Waals surface area contributed by atoms with E-state index >= 15 is 0 Å². The topological polar surface area (TPSA) is 38.7 Å². The summed E-state index contributed by atoms with van der Waals surface area (Å²) in [5.41, 5.74) is 0. The van der Waals surface area contributed by atoms with Gasteiger partial charge in [0, 0.05) is 0 Å². The van der Waals surface area contributed by atoms with Gasteiger partial charge in [-0.2, -0.15) is 0 Å². The number of ether oxygens (including phenoxy) is 2. The second-order valence-corrected chi connectivity index (χ2v) is 5.94. The molecule has 2 rings (SSSR count). The summed E-state index contributed by atoms with van der Waals surface area (Å²) in [6.45, 7) is 1.68. The summed E-state index contributed by atoms with van der Waals surface area (Å²) in [6.07, 6.45) is 0.110. The van der Waals surface area contributed by atoms with Gasteiger partial charge in [0.1, 0.15) is 21.5 Å². The highest BCUT2D eigenvalue weighted by Crippen LogP contribution is 2.37. The normalized spacial score (nSPS) is 11.4. The number of hydrogen-bond acceptors (Lipinski definition) is 3. The Morgan fingerprint density at radius 1 is 0.864 bits per heavy atom. The van der Waals surface area contributed by atoms with Crippen LogP contribution >= 0.6 is 46.4 Å². The minimum Gasteiger partial charge on any atom is -0.428 e. The van der Waals surface area contributed by atoms with Crippen LogP contribution in [0.2, 0.25) is 20.1 Å². The van der Waals surface area contributed by atoms with Gasteiger partial charge in [-0.15, -0.1) is 0 Å². The molecular weight excluding hydrogens is 370 g/mol. The minimum absolute atomic E-state index is 0.110. The molecule has 22 heavy (non-hydrogen) atoms. The summed E-state index contributed by atoms with van der Waals surface area (Å²) in [7, 11) is 0. The highest BCUT2D eigenvalue weighted by Gasteiger charge is 2.32. The van der Waals surface area contributed by atoms with Crippen LogP contribution in [0.15, 0.2) is 36.4 Å². The van der Waals surface area contributed by atoms with E-state index in [0.29, 0.717) is 10.0 Å². The summed E-state index contributed by atoms with van der Waals surface area (Å²) < 4.78 is 11.0. The van der Waals surface area contributed by atoms with Crippen LogP contribution in [0, 0.1) is 0 Å². The minimum atomic E-state index is -1.97. The third kappa shape index (κ3) is 3.92. The third-order valence-corrected chi connectivity index (χ3v) is 4.42. The van der Waals surface area contributed by atoms with Crippen molar-refractivity contribution >= 4 is 46.4 Å². The first kappa shape index (κ1) is 17.5. The SMILES string of the molecule is CCC(O)(Oc1cccc(Cl)c1Cl)Oc1cccc(Cl)c1Cl. The van der Waals surface area contributed by atoms with E-state index < -0.39 is 5.97 Å². The molecule has 1 N–H and O–H groups in total.